The molecule has 2 aliphatic heterocycles. The van der Waals surface area contributed by atoms with Gasteiger partial charge < -0.3 is 18.8 Å². The van der Waals surface area contributed by atoms with Gasteiger partial charge in [-0.2, -0.15) is 5.10 Å². The molecule has 2 aliphatic rings. The standard InChI is InChI=1S/C26H32N4O4/c1-18-5-7-25(34-18)22-13-23(28-27-22)26(31)30-10-11-33-24-8-6-19(12-21(24)16-30)14-29-9-3-4-20(15-29)17-32-2/h5-8,12-13,20H,3-4,9-11,14-17H2,1-2H3,(H,27,28)/t20-/m1/s1. The number of hydrogen-bond acceptors (Lipinski definition) is 6. The number of ether oxygens (including phenoxy) is 2. The Bertz CT molecular complexity index is 1140. The number of furan rings is 1. The highest BCUT2D eigenvalue weighted by atomic mass is 16.5. The first-order valence-electron chi connectivity index (χ1n) is 12.0. The summed E-state index contributed by atoms with van der Waals surface area (Å²) in [7, 11) is 1.78. The lowest BCUT2D eigenvalue weighted by Crippen LogP contribution is -2.36. The number of aromatic amines is 1. The number of carbonyl (C=O) groups excluding carboxylic acids is 1. The molecule has 0 radical (unpaired) electrons. The van der Waals surface area contributed by atoms with Crippen LogP contribution in [0.2, 0.25) is 0 Å². The lowest BCUT2D eigenvalue weighted by atomic mass is 9.98. The minimum absolute atomic E-state index is 0.119. The predicted octanol–water partition coefficient (Wildman–Crippen LogP) is 3.87. The van der Waals surface area contributed by atoms with Gasteiger partial charge in [0.1, 0.15) is 23.8 Å². The van der Waals surface area contributed by atoms with Crippen molar-refractivity contribution in [3.8, 4) is 17.2 Å². The highest BCUT2D eigenvalue weighted by Gasteiger charge is 2.25. The summed E-state index contributed by atoms with van der Waals surface area (Å²) in [6.45, 7) is 7.23. The van der Waals surface area contributed by atoms with Crippen molar-refractivity contribution in [2.75, 3.05) is 40.0 Å². The van der Waals surface area contributed by atoms with Gasteiger partial charge in [-0.25, -0.2) is 0 Å². The normalized spacial score (nSPS) is 18.9. The van der Waals surface area contributed by atoms with Gasteiger partial charge in [-0.15, -0.1) is 0 Å². The molecule has 0 unspecified atom stereocenters. The SMILES string of the molecule is COC[C@@H]1CCCN(Cc2ccc3c(c2)CN(C(=O)c2cc(-c4ccc(C)o4)[nH]n2)CCO3)C1. The molecule has 1 saturated heterocycles. The number of methoxy groups -OCH3 is 1. The van der Waals surface area contributed by atoms with E-state index >= 15 is 0 Å². The highest BCUT2D eigenvalue weighted by molar-refractivity contribution is 5.93. The van der Waals surface area contributed by atoms with E-state index in [9.17, 15) is 4.79 Å². The number of aromatic nitrogens is 2. The number of carbonyl (C=O) groups is 1. The Balaban J connectivity index is 1.28. The number of nitrogens with one attached hydrogen (secondary N) is 1. The molecule has 8 nitrogen and oxygen atoms in total. The zero-order valence-electron chi connectivity index (χ0n) is 19.9. The summed E-state index contributed by atoms with van der Waals surface area (Å²) in [5.74, 6) is 2.81. The maximum absolute atomic E-state index is 13.2. The first-order valence-corrected chi connectivity index (χ1v) is 12.0. The first-order chi connectivity index (χ1) is 16.6. The van der Waals surface area contributed by atoms with Crippen LogP contribution >= 0.6 is 0 Å². The van der Waals surface area contributed by atoms with Crippen LogP contribution in [0.3, 0.4) is 0 Å². The number of likely N-dealkylation sites (tertiary alicyclic amines) is 1. The summed E-state index contributed by atoms with van der Waals surface area (Å²) in [6.07, 6.45) is 2.43. The molecule has 34 heavy (non-hydrogen) atoms. The Kier molecular flexibility index (Phi) is 6.69. The molecule has 0 saturated carbocycles. The maximum atomic E-state index is 13.2. The van der Waals surface area contributed by atoms with E-state index < -0.39 is 0 Å². The Labute approximate surface area is 199 Å². The molecule has 0 bridgehead atoms. The van der Waals surface area contributed by atoms with Gasteiger partial charge in [0, 0.05) is 38.4 Å². The monoisotopic (exact) mass is 464 g/mol. The van der Waals surface area contributed by atoms with E-state index in [1.54, 1.807) is 18.1 Å². The second-order valence-corrected chi connectivity index (χ2v) is 9.29. The van der Waals surface area contributed by atoms with E-state index in [1.165, 1.54) is 18.4 Å². The minimum atomic E-state index is -0.119. The third-order valence-corrected chi connectivity index (χ3v) is 6.61. The lowest BCUT2D eigenvalue weighted by molar-refractivity contribution is 0.0727. The molecular formula is C26H32N4O4. The van der Waals surface area contributed by atoms with Crippen LogP contribution in [0.25, 0.3) is 11.5 Å². The number of rotatable bonds is 6. The average Bonchev–Trinajstić information content (AvgIpc) is 3.44. The summed E-state index contributed by atoms with van der Waals surface area (Å²) in [5.41, 5.74) is 3.34. The zero-order valence-corrected chi connectivity index (χ0v) is 19.9. The Morgan fingerprint density at radius 1 is 1.24 bits per heavy atom. The van der Waals surface area contributed by atoms with Gasteiger partial charge >= 0.3 is 0 Å². The fourth-order valence-electron chi connectivity index (χ4n) is 4.94. The van der Waals surface area contributed by atoms with Crippen LogP contribution < -0.4 is 4.74 Å². The van der Waals surface area contributed by atoms with Crippen LogP contribution in [0.4, 0.5) is 0 Å². The molecular weight excluding hydrogens is 432 g/mol. The Morgan fingerprint density at radius 2 is 2.15 bits per heavy atom. The van der Waals surface area contributed by atoms with Gasteiger partial charge in [-0.1, -0.05) is 6.07 Å². The number of piperidine rings is 1. The lowest BCUT2D eigenvalue weighted by Gasteiger charge is -2.32. The number of nitrogens with zero attached hydrogens (tertiary/aromatic N) is 3. The second kappa shape index (κ2) is 10.0. The van der Waals surface area contributed by atoms with E-state index in [4.69, 9.17) is 13.9 Å². The molecule has 1 fully saturated rings. The smallest absolute Gasteiger partial charge is 0.274 e. The fraction of sp³-hybridized carbons (Fsp3) is 0.462. The molecule has 0 aliphatic carbocycles. The molecule has 8 heteroatoms. The second-order valence-electron chi connectivity index (χ2n) is 9.29. The van der Waals surface area contributed by atoms with Gasteiger partial charge in [-0.05, 0) is 62.1 Å². The highest BCUT2D eigenvalue weighted by Crippen LogP contribution is 2.27. The molecule has 2 aromatic heterocycles. The molecule has 4 heterocycles. The number of aryl methyl sites for hydroxylation is 1. The van der Waals surface area contributed by atoms with Gasteiger partial charge in [0.05, 0.1) is 13.2 Å². The van der Waals surface area contributed by atoms with Crippen LogP contribution in [0, 0.1) is 12.8 Å². The maximum Gasteiger partial charge on any atom is 0.274 e. The summed E-state index contributed by atoms with van der Waals surface area (Å²) in [6, 6.07) is 11.9. The molecule has 5 rings (SSSR count). The van der Waals surface area contributed by atoms with Crippen LogP contribution in [-0.2, 0) is 17.8 Å². The van der Waals surface area contributed by atoms with E-state index in [0.29, 0.717) is 42.8 Å². The van der Waals surface area contributed by atoms with Crippen molar-refractivity contribution in [3.63, 3.8) is 0 Å². The van der Waals surface area contributed by atoms with Gasteiger partial charge in [0.25, 0.3) is 5.91 Å². The van der Waals surface area contributed by atoms with Crippen LogP contribution in [-0.4, -0.2) is 65.9 Å². The van der Waals surface area contributed by atoms with Crippen molar-refractivity contribution in [2.45, 2.75) is 32.9 Å². The van der Waals surface area contributed by atoms with Crippen LogP contribution in [0.15, 0.2) is 40.8 Å². The Hall–Kier alpha value is -3.10. The van der Waals surface area contributed by atoms with Crippen molar-refractivity contribution in [2.24, 2.45) is 5.92 Å². The van der Waals surface area contributed by atoms with E-state index in [0.717, 1.165) is 43.3 Å². The molecule has 1 amide bonds. The predicted molar refractivity (Wildman–Crippen MR) is 128 cm³/mol. The van der Waals surface area contributed by atoms with E-state index in [2.05, 4.69) is 27.2 Å². The van der Waals surface area contributed by atoms with Gasteiger partial charge in [0.2, 0.25) is 0 Å². The molecule has 1 atom stereocenters. The largest absolute Gasteiger partial charge is 0.491 e. The van der Waals surface area contributed by atoms with Crippen LogP contribution in [0.5, 0.6) is 5.75 Å². The summed E-state index contributed by atoms with van der Waals surface area (Å²) in [5, 5.41) is 7.17. The molecule has 180 valence electrons. The molecule has 1 aromatic carbocycles. The third kappa shape index (κ3) is 5.03. The topological polar surface area (TPSA) is 83.8 Å². The minimum Gasteiger partial charge on any atom is -0.491 e. The molecule has 1 N–H and O–H groups in total. The Morgan fingerprint density at radius 3 is 2.97 bits per heavy atom. The first kappa shape index (κ1) is 22.7. The number of H-pyrrole nitrogens is 1. The van der Waals surface area contributed by atoms with Crippen LogP contribution in [0.1, 0.15) is 40.2 Å². The number of benzene rings is 1. The van der Waals surface area contributed by atoms with Crippen molar-refractivity contribution < 1.29 is 18.7 Å². The van der Waals surface area contributed by atoms with E-state index in [1.807, 2.05) is 25.1 Å². The van der Waals surface area contributed by atoms with Crippen molar-refractivity contribution in [1.82, 2.24) is 20.0 Å². The average molecular weight is 465 g/mol. The number of fused-ring (bicyclic) bond motifs is 1. The van der Waals surface area contributed by atoms with E-state index in [-0.39, 0.29) is 5.91 Å². The zero-order chi connectivity index (χ0) is 23.5. The van der Waals surface area contributed by atoms with Crippen molar-refractivity contribution in [3.05, 3.63) is 59.0 Å². The fourth-order valence-corrected chi connectivity index (χ4v) is 4.94. The number of amides is 1. The third-order valence-electron chi connectivity index (χ3n) is 6.61. The van der Waals surface area contributed by atoms with Crippen molar-refractivity contribution in [1.29, 1.82) is 0 Å². The summed E-state index contributed by atoms with van der Waals surface area (Å²) < 4.78 is 17.0. The molecule has 3 aromatic rings. The molecule has 0 spiro atoms. The van der Waals surface area contributed by atoms with Gasteiger partial charge in [-0.3, -0.25) is 14.8 Å². The number of hydrogen-bond donors (Lipinski definition) is 1. The summed E-state index contributed by atoms with van der Waals surface area (Å²) in [4.78, 5) is 17.5. The van der Waals surface area contributed by atoms with Crippen molar-refractivity contribution >= 4 is 5.91 Å². The van der Waals surface area contributed by atoms with Gasteiger partial charge in [0.15, 0.2) is 11.5 Å². The quantitative estimate of drug-likeness (QED) is 0.596. The summed E-state index contributed by atoms with van der Waals surface area (Å²) >= 11 is 0.